The summed E-state index contributed by atoms with van der Waals surface area (Å²) in [6.45, 7) is 3.59. The molecule has 4 nitrogen and oxygen atoms in total. The molecule has 1 atom stereocenters. The number of hydrogen-bond donors (Lipinski definition) is 1. The highest BCUT2D eigenvalue weighted by atomic mass is 35.5. The van der Waals surface area contributed by atoms with E-state index in [1.165, 1.54) is 0 Å². The molecule has 0 aliphatic carbocycles. The molecule has 0 saturated carbocycles. The molecule has 0 aliphatic heterocycles. The highest BCUT2D eigenvalue weighted by molar-refractivity contribution is 6.30. The van der Waals surface area contributed by atoms with Gasteiger partial charge < -0.3 is 15.4 Å². The second kappa shape index (κ2) is 8.82. The summed E-state index contributed by atoms with van der Waals surface area (Å²) in [5.41, 5.74) is 5.45. The Morgan fingerprint density at radius 3 is 2.65 bits per heavy atom. The van der Waals surface area contributed by atoms with Crippen LogP contribution in [-0.2, 0) is 4.79 Å². The summed E-state index contributed by atoms with van der Waals surface area (Å²) in [6.07, 6.45) is 1.71. The van der Waals surface area contributed by atoms with Crippen LogP contribution in [0.1, 0.15) is 19.8 Å². The Balaban J connectivity index is 2.30. The molecule has 1 amide bonds. The first-order valence-electron chi connectivity index (χ1n) is 6.88. The zero-order chi connectivity index (χ0) is 15.0. The Labute approximate surface area is 125 Å². The van der Waals surface area contributed by atoms with Crippen molar-refractivity contribution >= 4 is 17.5 Å². The summed E-state index contributed by atoms with van der Waals surface area (Å²) >= 11 is 5.80. The van der Waals surface area contributed by atoms with Crippen molar-refractivity contribution in [3.63, 3.8) is 0 Å². The molecule has 1 aromatic carbocycles. The maximum Gasteiger partial charge on any atom is 0.225 e. The fourth-order valence-corrected chi connectivity index (χ4v) is 1.99. The van der Waals surface area contributed by atoms with Crippen LogP contribution in [0.25, 0.3) is 0 Å². The fraction of sp³-hybridized carbons (Fsp3) is 0.533. The zero-order valence-corrected chi connectivity index (χ0v) is 12.9. The molecule has 0 aliphatic rings. The second-order valence-corrected chi connectivity index (χ2v) is 5.33. The first-order valence-corrected chi connectivity index (χ1v) is 7.25. The minimum absolute atomic E-state index is 0.0130. The number of nitrogens with zero attached hydrogens (tertiary/aromatic N) is 1. The van der Waals surface area contributed by atoms with Crippen LogP contribution < -0.4 is 10.5 Å². The van der Waals surface area contributed by atoms with Crippen molar-refractivity contribution in [3.05, 3.63) is 29.3 Å². The summed E-state index contributed by atoms with van der Waals surface area (Å²) in [5.74, 6) is 0.906. The lowest BCUT2D eigenvalue weighted by molar-refractivity contribution is -0.134. The molecule has 1 unspecified atom stereocenters. The van der Waals surface area contributed by atoms with Crippen molar-refractivity contribution in [3.8, 4) is 5.75 Å². The fourth-order valence-electron chi connectivity index (χ4n) is 1.87. The molecule has 112 valence electrons. The van der Waals surface area contributed by atoms with Gasteiger partial charge in [-0.25, -0.2) is 0 Å². The van der Waals surface area contributed by atoms with E-state index in [9.17, 15) is 4.79 Å². The van der Waals surface area contributed by atoms with E-state index >= 15 is 0 Å². The lowest BCUT2D eigenvalue weighted by Gasteiger charge is -2.21. The van der Waals surface area contributed by atoms with Gasteiger partial charge in [-0.15, -0.1) is 0 Å². The molecule has 0 fully saturated rings. The number of hydrogen-bond acceptors (Lipinski definition) is 3. The largest absolute Gasteiger partial charge is 0.492 e. The summed E-state index contributed by atoms with van der Waals surface area (Å²) in [6, 6.07) is 7.18. The predicted molar refractivity (Wildman–Crippen MR) is 82.0 cm³/mol. The Morgan fingerprint density at radius 1 is 1.40 bits per heavy atom. The second-order valence-electron chi connectivity index (χ2n) is 4.89. The quantitative estimate of drug-likeness (QED) is 0.802. The number of rotatable bonds is 8. The molecule has 0 heterocycles. The third kappa shape index (κ3) is 5.80. The van der Waals surface area contributed by atoms with E-state index < -0.39 is 0 Å². The SMILES string of the molecule is CC(CCCN)C(=O)N(C)CCOc1ccc(Cl)cc1. The van der Waals surface area contributed by atoms with E-state index in [-0.39, 0.29) is 11.8 Å². The van der Waals surface area contributed by atoms with E-state index in [4.69, 9.17) is 22.1 Å². The van der Waals surface area contributed by atoms with E-state index in [0.717, 1.165) is 18.6 Å². The number of carbonyl (C=O) groups is 1. The number of ether oxygens (including phenoxy) is 1. The van der Waals surface area contributed by atoms with E-state index in [1.54, 1.807) is 24.1 Å². The Kier molecular flexibility index (Phi) is 7.41. The average molecular weight is 299 g/mol. The maximum absolute atomic E-state index is 12.0. The van der Waals surface area contributed by atoms with Gasteiger partial charge in [0.15, 0.2) is 0 Å². The minimum atomic E-state index is 0.0130. The van der Waals surface area contributed by atoms with Crippen LogP contribution >= 0.6 is 11.6 Å². The van der Waals surface area contributed by atoms with Gasteiger partial charge >= 0.3 is 0 Å². The molecule has 0 radical (unpaired) electrons. The van der Waals surface area contributed by atoms with E-state index in [1.807, 2.05) is 19.1 Å². The van der Waals surface area contributed by atoms with Crippen molar-refractivity contribution in [1.29, 1.82) is 0 Å². The van der Waals surface area contributed by atoms with Crippen LogP contribution in [0.4, 0.5) is 0 Å². The van der Waals surface area contributed by atoms with Crippen molar-refractivity contribution in [2.24, 2.45) is 11.7 Å². The Morgan fingerprint density at radius 2 is 2.05 bits per heavy atom. The molecular weight excluding hydrogens is 276 g/mol. The van der Waals surface area contributed by atoms with Crippen LogP contribution in [0.15, 0.2) is 24.3 Å². The topological polar surface area (TPSA) is 55.6 Å². The van der Waals surface area contributed by atoms with E-state index in [2.05, 4.69) is 0 Å². The lowest BCUT2D eigenvalue weighted by Crippen LogP contribution is -2.35. The Bertz CT molecular complexity index is 409. The van der Waals surface area contributed by atoms with Crippen LogP contribution in [-0.4, -0.2) is 37.6 Å². The molecular formula is C15H23ClN2O2. The van der Waals surface area contributed by atoms with Crippen LogP contribution in [0.2, 0.25) is 5.02 Å². The molecule has 0 bridgehead atoms. The van der Waals surface area contributed by atoms with E-state index in [0.29, 0.717) is 24.7 Å². The lowest BCUT2D eigenvalue weighted by atomic mass is 10.0. The van der Waals surface area contributed by atoms with Gasteiger partial charge in [0.1, 0.15) is 12.4 Å². The monoisotopic (exact) mass is 298 g/mol. The molecule has 0 saturated heterocycles. The normalized spacial score (nSPS) is 12.0. The average Bonchev–Trinajstić information content (AvgIpc) is 2.45. The highest BCUT2D eigenvalue weighted by Crippen LogP contribution is 2.15. The third-order valence-electron chi connectivity index (χ3n) is 3.15. The number of benzene rings is 1. The molecule has 0 spiro atoms. The minimum Gasteiger partial charge on any atom is -0.492 e. The van der Waals surface area contributed by atoms with Gasteiger partial charge in [-0.3, -0.25) is 4.79 Å². The molecule has 20 heavy (non-hydrogen) atoms. The first-order chi connectivity index (χ1) is 9.54. The summed E-state index contributed by atoms with van der Waals surface area (Å²) < 4.78 is 5.57. The standard InChI is InChI=1S/C15H23ClN2O2/c1-12(4-3-9-17)15(19)18(2)10-11-20-14-7-5-13(16)6-8-14/h5-8,12H,3-4,9-11,17H2,1-2H3. The van der Waals surface area contributed by atoms with Gasteiger partial charge in [-0.2, -0.15) is 0 Å². The zero-order valence-electron chi connectivity index (χ0n) is 12.1. The van der Waals surface area contributed by atoms with Gasteiger partial charge in [-0.05, 0) is 43.7 Å². The Hall–Kier alpha value is -1.26. The smallest absolute Gasteiger partial charge is 0.225 e. The highest BCUT2D eigenvalue weighted by Gasteiger charge is 2.16. The van der Waals surface area contributed by atoms with Gasteiger partial charge in [-0.1, -0.05) is 18.5 Å². The van der Waals surface area contributed by atoms with Gasteiger partial charge in [0.25, 0.3) is 0 Å². The summed E-state index contributed by atoms with van der Waals surface area (Å²) in [4.78, 5) is 13.8. The van der Waals surface area contributed by atoms with Crippen LogP contribution in [0, 0.1) is 5.92 Å². The number of likely N-dealkylation sites (N-methyl/N-ethyl adjacent to an activating group) is 1. The van der Waals surface area contributed by atoms with Crippen molar-refractivity contribution in [2.45, 2.75) is 19.8 Å². The van der Waals surface area contributed by atoms with Gasteiger partial charge in [0.2, 0.25) is 5.91 Å². The third-order valence-corrected chi connectivity index (χ3v) is 3.40. The first kappa shape index (κ1) is 16.8. The number of halogens is 1. The molecule has 5 heteroatoms. The maximum atomic E-state index is 12.0. The molecule has 1 aromatic rings. The summed E-state index contributed by atoms with van der Waals surface area (Å²) in [5, 5.41) is 0.679. The molecule has 1 rings (SSSR count). The molecule has 2 N–H and O–H groups in total. The number of carbonyl (C=O) groups excluding carboxylic acids is 1. The van der Waals surface area contributed by atoms with Crippen molar-refractivity contribution in [2.75, 3.05) is 26.7 Å². The van der Waals surface area contributed by atoms with Gasteiger partial charge in [0, 0.05) is 18.0 Å². The van der Waals surface area contributed by atoms with Crippen LogP contribution in [0.3, 0.4) is 0 Å². The number of nitrogens with two attached hydrogens (primary N) is 1. The molecule has 0 aromatic heterocycles. The predicted octanol–water partition coefficient (Wildman–Crippen LogP) is 2.55. The van der Waals surface area contributed by atoms with Crippen LogP contribution in [0.5, 0.6) is 5.75 Å². The number of amides is 1. The summed E-state index contributed by atoms with van der Waals surface area (Å²) in [7, 11) is 1.80. The van der Waals surface area contributed by atoms with Crippen molar-refractivity contribution < 1.29 is 9.53 Å². The van der Waals surface area contributed by atoms with Gasteiger partial charge in [0.05, 0.1) is 6.54 Å². The van der Waals surface area contributed by atoms with Crippen molar-refractivity contribution in [1.82, 2.24) is 4.90 Å².